The normalized spacial score (nSPS) is 10.5. The van der Waals surface area contributed by atoms with Gasteiger partial charge in [0.15, 0.2) is 0 Å². The number of hydrogen-bond acceptors (Lipinski definition) is 3. The number of carboxylic acids is 1. The monoisotopic (exact) mass is 337 g/mol. The van der Waals surface area contributed by atoms with E-state index >= 15 is 0 Å². The van der Waals surface area contributed by atoms with Gasteiger partial charge in [-0.05, 0) is 48.9 Å². The lowest BCUT2D eigenvalue weighted by atomic mass is 10.0. The Kier molecular flexibility index (Phi) is 4.48. The number of carbonyl (C=O) groups is 1. The molecule has 3 rings (SSSR count). The minimum Gasteiger partial charge on any atom is -0.497 e. The summed E-state index contributed by atoms with van der Waals surface area (Å²) in [5.41, 5.74) is 3.34. The topological polar surface area (TPSA) is 60.7 Å². The fourth-order valence-corrected chi connectivity index (χ4v) is 2.88. The molecule has 0 spiro atoms. The molecule has 0 aliphatic rings. The van der Waals surface area contributed by atoms with E-state index in [1.807, 2.05) is 59.3 Å². The van der Waals surface area contributed by atoms with Gasteiger partial charge in [0.25, 0.3) is 0 Å². The molecule has 0 aliphatic heterocycles. The van der Waals surface area contributed by atoms with Crippen molar-refractivity contribution in [1.82, 2.24) is 4.57 Å². The molecular weight excluding hydrogens is 318 g/mol. The SMILES string of the molecule is COc1ccc(-c2cn(-c3ccc(OC)cc3)c(C)c2C(=O)O)cc1. The standard InChI is InChI=1S/C20H19NO4/c1-13-19(20(22)23)18(14-4-8-16(24-2)9-5-14)12-21(13)15-6-10-17(25-3)11-7-15/h4-12H,1-3H3,(H,22,23). The van der Waals surface area contributed by atoms with Crippen LogP contribution in [0.1, 0.15) is 16.1 Å². The molecule has 3 aromatic rings. The van der Waals surface area contributed by atoms with E-state index < -0.39 is 5.97 Å². The van der Waals surface area contributed by atoms with Crippen LogP contribution < -0.4 is 9.47 Å². The number of aromatic nitrogens is 1. The Morgan fingerprint density at radius 1 is 0.920 bits per heavy atom. The third-order valence-electron chi connectivity index (χ3n) is 4.22. The van der Waals surface area contributed by atoms with Gasteiger partial charge in [-0.2, -0.15) is 0 Å². The summed E-state index contributed by atoms with van der Waals surface area (Å²) in [4.78, 5) is 11.8. The van der Waals surface area contributed by atoms with Crippen molar-refractivity contribution in [2.45, 2.75) is 6.92 Å². The largest absolute Gasteiger partial charge is 0.497 e. The predicted octanol–water partition coefficient (Wildman–Crippen LogP) is 4.17. The van der Waals surface area contributed by atoms with Crippen LogP contribution in [-0.2, 0) is 0 Å². The Morgan fingerprint density at radius 2 is 1.44 bits per heavy atom. The van der Waals surface area contributed by atoms with Crippen molar-refractivity contribution in [3.63, 3.8) is 0 Å². The molecule has 5 nitrogen and oxygen atoms in total. The van der Waals surface area contributed by atoms with Crippen molar-refractivity contribution in [3.8, 4) is 28.3 Å². The molecule has 0 amide bonds. The molecule has 1 aromatic heterocycles. The van der Waals surface area contributed by atoms with Crippen LogP contribution in [-0.4, -0.2) is 29.9 Å². The second-order valence-corrected chi connectivity index (χ2v) is 5.60. The lowest BCUT2D eigenvalue weighted by Gasteiger charge is -2.07. The fourth-order valence-electron chi connectivity index (χ4n) is 2.88. The molecule has 0 saturated carbocycles. The summed E-state index contributed by atoms with van der Waals surface area (Å²) in [6.07, 6.45) is 1.85. The van der Waals surface area contributed by atoms with E-state index in [2.05, 4.69) is 0 Å². The zero-order chi connectivity index (χ0) is 18.0. The summed E-state index contributed by atoms with van der Waals surface area (Å²) in [5, 5.41) is 9.69. The average Bonchev–Trinajstić information content (AvgIpc) is 2.99. The number of benzene rings is 2. The van der Waals surface area contributed by atoms with Gasteiger partial charge in [0.05, 0.1) is 19.8 Å². The number of rotatable bonds is 5. The fraction of sp³-hybridized carbons (Fsp3) is 0.150. The van der Waals surface area contributed by atoms with Crippen molar-refractivity contribution < 1.29 is 19.4 Å². The van der Waals surface area contributed by atoms with Crippen molar-refractivity contribution >= 4 is 5.97 Å². The van der Waals surface area contributed by atoms with E-state index in [0.717, 1.165) is 22.7 Å². The Hall–Kier alpha value is -3.21. The third-order valence-corrected chi connectivity index (χ3v) is 4.22. The molecule has 0 aliphatic carbocycles. The molecule has 0 bridgehead atoms. The molecule has 2 aromatic carbocycles. The number of aromatic carboxylic acids is 1. The highest BCUT2D eigenvalue weighted by Gasteiger charge is 2.20. The van der Waals surface area contributed by atoms with Crippen molar-refractivity contribution in [2.75, 3.05) is 14.2 Å². The minimum atomic E-state index is -0.949. The summed E-state index contributed by atoms with van der Waals surface area (Å²) < 4.78 is 12.2. The molecular formula is C20H19NO4. The molecule has 1 N–H and O–H groups in total. The van der Waals surface area contributed by atoms with Gasteiger partial charge in [0, 0.05) is 23.1 Å². The van der Waals surface area contributed by atoms with Gasteiger partial charge in [-0.25, -0.2) is 4.79 Å². The van der Waals surface area contributed by atoms with E-state index in [9.17, 15) is 9.90 Å². The molecule has 0 unspecified atom stereocenters. The summed E-state index contributed by atoms with van der Waals surface area (Å²) in [6.45, 7) is 1.81. The lowest BCUT2D eigenvalue weighted by molar-refractivity contribution is 0.0697. The first kappa shape index (κ1) is 16.6. The quantitative estimate of drug-likeness (QED) is 0.759. The van der Waals surface area contributed by atoms with Gasteiger partial charge in [0.2, 0.25) is 0 Å². The Morgan fingerprint density at radius 3 is 1.92 bits per heavy atom. The maximum absolute atomic E-state index is 11.8. The van der Waals surface area contributed by atoms with Crippen LogP contribution in [0, 0.1) is 6.92 Å². The summed E-state index contributed by atoms with van der Waals surface area (Å²) in [6, 6.07) is 14.9. The van der Waals surface area contributed by atoms with Crippen LogP contribution in [0.2, 0.25) is 0 Å². The van der Waals surface area contributed by atoms with E-state index in [4.69, 9.17) is 9.47 Å². The number of ether oxygens (including phenoxy) is 2. The second-order valence-electron chi connectivity index (χ2n) is 5.60. The number of nitrogens with zero attached hydrogens (tertiary/aromatic N) is 1. The van der Waals surface area contributed by atoms with Gasteiger partial charge in [-0.1, -0.05) is 12.1 Å². The minimum absolute atomic E-state index is 0.293. The van der Waals surface area contributed by atoms with Gasteiger partial charge in [0.1, 0.15) is 11.5 Å². The molecule has 5 heteroatoms. The van der Waals surface area contributed by atoms with Gasteiger partial charge in [-0.15, -0.1) is 0 Å². The average molecular weight is 337 g/mol. The van der Waals surface area contributed by atoms with Crippen LogP contribution in [0.4, 0.5) is 0 Å². The Bertz CT molecular complexity index is 893. The third kappa shape index (κ3) is 3.08. The first-order valence-electron chi connectivity index (χ1n) is 7.79. The molecule has 0 atom stereocenters. The summed E-state index contributed by atoms with van der Waals surface area (Å²) >= 11 is 0. The van der Waals surface area contributed by atoms with Gasteiger partial charge in [-0.3, -0.25) is 0 Å². The van der Waals surface area contributed by atoms with Crippen LogP contribution in [0.15, 0.2) is 54.7 Å². The predicted molar refractivity (Wildman–Crippen MR) is 96.0 cm³/mol. The summed E-state index contributed by atoms with van der Waals surface area (Å²) in [7, 11) is 3.21. The van der Waals surface area contributed by atoms with Crippen molar-refractivity contribution in [3.05, 3.63) is 66.0 Å². The van der Waals surface area contributed by atoms with Crippen LogP contribution in [0.3, 0.4) is 0 Å². The number of hydrogen-bond donors (Lipinski definition) is 1. The Labute approximate surface area is 146 Å². The molecule has 1 heterocycles. The van der Waals surface area contributed by atoms with Gasteiger partial charge >= 0.3 is 5.97 Å². The maximum atomic E-state index is 11.8. The zero-order valence-corrected chi connectivity index (χ0v) is 14.3. The lowest BCUT2D eigenvalue weighted by Crippen LogP contribution is -2.02. The van der Waals surface area contributed by atoms with E-state index in [1.54, 1.807) is 21.1 Å². The smallest absolute Gasteiger partial charge is 0.338 e. The van der Waals surface area contributed by atoms with Crippen LogP contribution in [0.5, 0.6) is 11.5 Å². The van der Waals surface area contributed by atoms with Crippen molar-refractivity contribution in [2.24, 2.45) is 0 Å². The zero-order valence-electron chi connectivity index (χ0n) is 14.3. The van der Waals surface area contributed by atoms with Gasteiger partial charge < -0.3 is 19.1 Å². The highest BCUT2D eigenvalue weighted by Crippen LogP contribution is 2.31. The highest BCUT2D eigenvalue weighted by atomic mass is 16.5. The van der Waals surface area contributed by atoms with Crippen molar-refractivity contribution in [1.29, 1.82) is 0 Å². The molecule has 0 radical (unpaired) electrons. The van der Waals surface area contributed by atoms with Crippen LogP contribution >= 0.6 is 0 Å². The first-order chi connectivity index (χ1) is 12.0. The Balaban J connectivity index is 2.13. The maximum Gasteiger partial charge on any atom is 0.338 e. The highest BCUT2D eigenvalue weighted by molar-refractivity contribution is 5.97. The molecule has 25 heavy (non-hydrogen) atoms. The second kappa shape index (κ2) is 6.73. The summed E-state index contributed by atoms with van der Waals surface area (Å²) in [5.74, 6) is 0.532. The van der Waals surface area contributed by atoms with E-state index in [0.29, 0.717) is 16.8 Å². The van der Waals surface area contributed by atoms with E-state index in [-0.39, 0.29) is 0 Å². The first-order valence-corrected chi connectivity index (χ1v) is 7.79. The molecule has 0 fully saturated rings. The van der Waals surface area contributed by atoms with Crippen LogP contribution in [0.25, 0.3) is 16.8 Å². The van der Waals surface area contributed by atoms with E-state index in [1.165, 1.54) is 0 Å². The number of carboxylic acid groups (broad SMARTS) is 1. The molecule has 0 saturated heterocycles. The number of methoxy groups -OCH3 is 2. The molecule has 128 valence electrons.